The Bertz CT molecular complexity index is 529. The van der Waals surface area contributed by atoms with E-state index in [1.165, 1.54) is 30.8 Å². The Morgan fingerprint density at radius 3 is 2.55 bits per heavy atom. The third-order valence-corrected chi connectivity index (χ3v) is 9.42. The lowest BCUT2D eigenvalue weighted by molar-refractivity contribution is -0.122. The second kappa shape index (κ2) is 6.08. The fourth-order valence-electron chi connectivity index (χ4n) is 4.49. The second-order valence-corrected chi connectivity index (χ2v) is 9.62. The van der Waals surface area contributed by atoms with Crippen LogP contribution in [0.5, 0.6) is 0 Å². The predicted molar refractivity (Wildman–Crippen MR) is 94.1 cm³/mol. The van der Waals surface area contributed by atoms with Crippen molar-refractivity contribution in [1.29, 1.82) is 0 Å². The summed E-state index contributed by atoms with van der Waals surface area (Å²) in [6, 6.07) is 5.66. The minimum atomic E-state index is 0.171. The molecule has 3 fully saturated rings. The number of nitrogens with one attached hydrogen (secondary N) is 1. The van der Waals surface area contributed by atoms with Crippen LogP contribution in [0.1, 0.15) is 32.1 Å². The molecule has 1 saturated heterocycles. The topological polar surface area (TPSA) is 42.0 Å². The zero-order valence-electron chi connectivity index (χ0n) is 12.7. The van der Waals surface area contributed by atoms with Gasteiger partial charge in [-0.25, -0.2) is 4.98 Å². The smallest absolute Gasteiger partial charge is 0.228 e. The molecule has 2 heterocycles. The maximum absolute atomic E-state index is 12.6. The standard InChI is InChI=1S/C17H22N2OS2/c20-16(19-15-6-1-2-7-18-15)12-10-13-4-3-5-14(11-12)17(13)21-8-9-22-17/h1-2,6-7,12-14H,3-5,8-11H2,(H,18,19,20). The molecule has 2 atom stereocenters. The molecule has 0 aromatic carbocycles. The summed E-state index contributed by atoms with van der Waals surface area (Å²) in [4.78, 5) is 16.9. The molecular weight excluding hydrogens is 312 g/mol. The van der Waals surface area contributed by atoms with Crippen molar-refractivity contribution in [2.45, 2.75) is 36.2 Å². The number of nitrogens with zero attached hydrogens (tertiary/aromatic N) is 1. The van der Waals surface area contributed by atoms with Gasteiger partial charge in [-0.1, -0.05) is 12.5 Å². The first-order chi connectivity index (χ1) is 10.8. The van der Waals surface area contributed by atoms with Gasteiger partial charge in [-0.15, -0.1) is 23.5 Å². The molecular formula is C17H22N2OS2. The highest BCUT2D eigenvalue weighted by molar-refractivity contribution is 8.21. The van der Waals surface area contributed by atoms with E-state index in [-0.39, 0.29) is 11.8 Å². The number of carbonyl (C=O) groups excluding carboxylic acids is 1. The SMILES string of the molecule is O=C(Nc1ccccn1)C1CC2CCCC(C1)C21SCCS1. The molecule has 118 valence electrons. The van der Waals surface area contributed by atoms with E-state index >= 15 is 0 Å². The average Bonchev–Trinajstić information content (AvgIpc) is 2.97. The molecule has 1 aromatic rings. The van der Waals surface area contributed by atoms with E-state index in [1.807, 2.05) is 18.2 Å². The Hall–Kier alpha value is -0.680. The van der Waals surface area contributed by atoms with Gasteiger partial charge in [-0.3, -0.25) is 4.79 Å². The van der Waals surface area contributed by atoms with E-state index in [0.717, 1.165) is 24.7 Å². The summed E-state index contributed by atoms with van der Waals surface area (Å²) in [5.74, 6) is 5.06. The normalized spacial score (nSPS) is 32.8. The predicted octanol–water partition coefficient (Wildman–Crippen LogP) is 4.02. The largest absolute Gasteiger partial charge is 0.310 e. The number of pyridine rings is 1. The number of anilines is 1. The van der Waals surface area contributed by atoms with Gasteiger partial charge in [0.05, 0.1) is 4.08 Å². The highest BCUT2D eigenvalue weighted by atomic mass is 32.2. The van der Waals surface area contributed by atoms with Crippen LogP contribution in [-0.4, -0.2) is 26.5 Å². The Balaban J connectivity index is 1.48. The molecule has 2 bridgehead atoms. The number of rotatable bonds is 2. The first-order valence-corrected chi connectivity index (χ1v) is 10.2. The molecule has 2 aliphatic carbocycles. The Morgan fingerprint density at radius 2 is 1.91 bits per heavy atom. The van der Waals surface area contributed by atoms with E-state index in [0.29, 0.717) is 9.90 Å². The molecule has 22 heavy (non-hydrogen) atoms. The van der Waals surface area contributed by atoms with Crippen LogP contribution in [0.2, 0.25) is 0 Å². The average molecular weight is 335 g/mol. The highest BCUT2D eigenvalue weighted by Gasteiger charge is 2.55. The van der Waals surface area contributed by atoms with Crippen LogP contribution in [0.3, 0.4) is 0 Å². The lowest BCUT2D eigenvalue weighted by atomic mass is 9.67. The van der Waals surface area contributed by atoms with Crippen molar-refractivity contribution in [3.05, 3.63) is 24.4 Å². The van der Waals surface area contributed by atoms with Crippen molar-refractivity contribution in [1.82, 2.24) is 4.98 Å². The van der Waals surface area contributed by atoms with Gasteiger partial charge < -0.3 is 5.32 Å². The molecule has 3 aliphatic rings. The van der Waals surface area contributed by atoms with Crippen molar-refractivity contribution < 1.29 is 4.79 Å². The lowest BCUT2D eigenvalue weighted by Gasteiger charge is -2.52. The molecule has 1 N–H and O–H groups in total. The van der Waals surface area contributed by atoms with Crippen LogP contribution >= 0.6 is 23.5 Å². The first kappa shape index (κ1) is 14.9. The molecule has 3 nitrogen and oxygen atoms in total. The quantitative estimate of drug-likeness (QED) is 0.887. The van der Waals surface area contributed by atoms with Crippen molar-refractivity contribution in [3.8, 4) is 0 Å². The van der Waals surface area contributed by atoms with Gasteiger partial charge in [0.1, 0.15) is 5.82 Å². The third-order valence-electron chi connectivity index (χ3n) is 5.41. The Morgan fingerprint density at radius 1 is 1.18 bits per heavy atom. The lowest BCUT2D eigenvalue weighted by Crippen LogP contribution is -2.48. The number of thioether (sulfide) groups is 2. The fraction of sp³-hybridized carbons (Fsp3) is 0.647. The third kappa shape index (κ3) is 2.56. The van der Waals surface area contributed by atoms with Crippen LogP contribution in [-0.2, 0) is 4.79 Å². The van der Waals surface area contributed by atoms with Gasteiger partial charge in [-0.05, 0) is 49.7 Å². The molecule has 4 rings (SSSR count). The molecule has 2 saturated carbocycles. The van der Waals surface area contributed by atoms with Gasteiger partial charge in [0, 0.05) is 23.6 Å². The molecule has 5 heteroatoms. The second-order valence-electron chi connectivity index (χ2n) is 6.62. The minimum Gasteiger partial charge on any atom is -0.310 e. The van der Waals surface area contributed by atoms with E-state index in [4.69, 9.17) is 0 Å². The van der Waals surface area contributed by atoms with Crippen molar-refractivity contribution in [2.75, 3.05) is 16.8 Å². The van der Waals surface area contributed by atoms with Crippen molar-refractivity contribution in [3.63, 3.8) is 0 Å². The number of aromatic nitrogens is 1. The van der Waals surface area contributed by atoms with Crippen molar-refractivity contribution in [2.24, 2.45) is 17.8 Å². The highest BCUT2D eigenvalue weighted by Crippen LogP contribution is 2.64. The molecule has 1 spiro atoms. The van der Waals surface area contributed by atoms with Crippen LogP contribution in [0.25, 0.3) is 0 Å². The van der Waals surface area contributed by atoms with Gasteiger partial charge in [0.15, 0.2) is 0 Å². The summed E-state index contributed by atoms with van der Waals surface area (Å²) in [6.07, 6.45) is 7.83. The van der Waals surface area contributed by atoms with Gasteiger partial charge in [0.25, 0.3) is 0 Å². The van der Waals surface area contributed by atoms with Crippen molar-refractivity contribution >= 4 is 35.2 Å². The van der Waals surface area contributed by atoms with E-state index in [1.54, 1.807) is 6.20 Å². The Kier molecular flexibility index (Phi) is 4.11. The molecule has 0 radical (unpaired) electrons. The van der Waals surface area contributed by atoms with Gasteiger partial charge in [0.2, 0.25) is 5.91 Å². The van der Waals surface area contributed by atoms with Crippen LogP contribution < -0.4 is 5.32 Å². The van der Waals surface area contributed by atoms with Crippen LogP contribution in [0, 0.1) is 17.8 Å². The summed E-state index contributed by atoms with van der Waals surface area (Å²) in [7, 11) is 0. The number of carbonyl (C=O) groups is 1. The van der Waals surface area contributed by atoms with E-state index in [2.05, 4.69) is 33.8 Å². The van der Waals surface area contributed by atoms with E-state index in [9.17, 15) is 4.79 Å². The molecule has 2 unspecified atom stereocenters. The molecule has 1 amide bonds. The molecule has 1 aliphatic heterocycles. The summed E-state index contributed by atoms with van der Waals surface area (Å²) >= 11 is 4.39. The summed E-state index contributed by atoms with van der Waals surface area (Å²) in [5, 5.41) is 3.02. The minimum absolute atomic E-state index is 0.171. The van der Waals surface area contributed by atoms with Crippen LogP contribution in [0.4, 0.5) is 5.82 Å². The number of hydrogen-bond donors (Lipinski definition) is 1. The zero-order chi connectivity index (χ0) is 15.0. The summed E-state index contributed by atoms with van der Waals surface area (Å²) in [5.41, 5.74) is 0. The summed E-state index contributed by atoms with van der Waals surface area (Å²) < 4.78 is 0.444. The maximum atomic E-state index is 12.6. The van der Waals surface area contributed by atoms with Crippen LogP contribution in [0.15, 0.2) is 24.4 Å². The fourth-order valence-corrected chi connectivity index (χ4v) is 8.43. The molecule has 1 aromatic heterocycles. The maximum Gasteiger partial charge on any atom is 0.228 e. The van der Waals surface area contributed by atoms with Gasteiger partial charge >= 0.3 is 0 Å². The number of hydrogen-bond acceptors (Lipinski definition) is 4. The summed E-state index contributed by atoms with van der Waals surface area (Å²) in [6.45, 7) is 0. The van der Waals surface area contributed by atoms with Gasteiger partial charge in [-0.2, -0.15) is 0 Å². The number of amides is 1. The monoisotopic (exact) mass is 334 g/mol. The zero-order valence-corrected chi connectivity index (χ0v) is 14.3. The Labute approximate surface area is 140 Å². The van der Waals surface area contributed by atoms with E-state index < -0.39 is 0 Å². The first-order valence-electron chi connectivity index (χ1n) is 8.28.